The number of aryl methyl sites for hydroxylation is 1. The minimum atomic E-state index is -0.176. The summed E-state index contributed by atoms with van der Waals surface area (Å²) in [5.74, 6) is -0.176. The number of anilines is 1. The van der Waals surface area contributed by atoms with Gasteiger partial charge in [0.2, 0.25) is 5.13 Å². The first kappa shape index (κ1) is 11.0. The molecule has 0 atom stereocenters. The highest BCUT2D eigenvalue weighted by atomic mass is 32.1. The molecule has 1 aromatic heterocycles. The number of carbonyl (C=O) groups is 1. The van der Waals surface area contributed by atoms with Gasteiger partial charge in [0, 0.05) is 12.6 Å². The van der Waals surface area contributed by atoms with E-state index in [9.17, 15) is 4.79 Å². The van der Waals surface area contributed by atoms with Crippen LogP contribution in [0.25, 0.3) is 0 Å². The van der Waals surface area contributed by atoms with Crippen LogP contribution in [0.3, 0.4) is 0 Å². The van der Waals surface area contributed by atoms with Crippen molar-refractivity contribution in [3.8, 4) is 0 Å². The Morgan fingerprint density at radius 3 is 2.69 bits per heavy atom. The van der Waals surface area contributed by atoms with E-state index in [0.717, 1.165) is 0 Å². The molecule has 0 aliphatic carbocycles. The van der Waals surface area contributed by atoms with Crippen molar-refractivity contribution in [1.82, 2.24) is 9.78 Å². The second-order valence-electron chi connectivity index (χ2n) is 3.12. The first-order valence-corrected chi connectivity index (χ1v) is 5.80. The molecule has 0 fully saturated rings. The van der Waals surface area contributed by atoms with Gasteiger partial charge in [0.15, 0.2) is 3.95 Å². The van der Waals surface area contributed by atoms with Crippen LogP contribution < -0.4 is 5.32 Å². The summed E-state index contributed by atoms with van der Waals surface area (Å²) in [5, 5.41) is 7.29. The quantitative estimate of drug-likeness (QED) is 0.834. The normalized spacial score (nSPS) is 10.1. The fourth-order valence-corrected chi connectivity index (χ4v) is 2.08. The van der Waals surface area contributed by atoms with Gasteiger partial charge in [-0.05, 0) is 24.4 Å². The van der Waals surface area contributed by atoms with Crippen LogP contribution in [0.15, 0.2) is 30.3 Å². The van der Waals surface area contributed by atoms with Crippen molar-refractivity contribution in [3.63, 3.8) is 0 Å². The number of nitrogens with zero attached hydrogens (tertiary/aromatic N) is 2. The van der Waals surface area contributed by atoms with Crippen LogP contribution in [0.2, 0.25) is 0 Å². The first-order chi connectivity index (χ1) is 7.66. The third-order valence-corrected chi connectivity index (χ3v) is 3.28. The van der Waals surface area contributed by atoms with E-state index >= 15 is 0 Å². The van der Waals surface area contributed by atoms with Crippen molar-refractivity contribution in [2.75, 3.05) is 5.32 Å². The minimum absolute atomic E-state index is 0.176. The molecule has 2 aromatic rings. The predicted molar refractivity (Wildman–Crippen MR) is 66.3 cm³/mol. The molecule has 1 heterocycles. The Morgan fingerprint density at radius 2 is 2.12 bits per heavy atom. The third-order valence-electron chi connectivity index (χ3n) is 1.95. The zero-order valence-corrected chi connectivity index (χ0v) is 10.1. The van der Waals surface area contributed by atoms with Gasteiger partial charge in [-0.2, -0.15) is 0 Å². The SMILES string of the molecule is Cn1nc(NC(=O)c2ccccc2)sc1=S. The summed E-state index contributed by atoms with van der Waals surface area (Å²) in [5.41, 5.74) is 0.603. The lowest BCUT2D eigenvalue weighted by atomic mass is 10.2. The molecule has 0 unspecified atom stereocenters. The minimum Gasteiger partial charge on any atom is -0.296 e. The molecule has 4 nitrogen and oxygen atoms in total. The van der Waals surface area contributed by atoms with Crippen molar-refractivity contribution in [2.24, 2.45) is 7.05 Å². The molecule has 1 N–H and O–H groups in total. The summed E-state index contributed by atoms with van der Waals surface area (Å²) in [6.07, 6.45) is 0. The molecule has 0 saturated heterocycles. The van der Waals surface area contributed by atoms with Crippen LogP contribution in [0.4, 0.5) is 5.13 Å². The summed E-state index contributed by atoms with van der Waals surface area (Å²) < 4.78 is 2.18. The van der Waals surface area contributed by atoms with E-state index in [1.807, 2.05) is 18.2 Å². The number of hydrogen-bond donors (Lipinski definition) is 1. The van der Waals surface area contributed by atoms with Gasteiger partial charge in [-0.25, -0.2) is 4.68 Å². The average Bonchev–Trinajstić information content (AvgIpc) is 2.59. The van der Waals surface area contributed by atoms with Crippen molar-refractivity contribution in [2.45, 2.75) is 0 Å². The van der Waals surface area contributed by atoms with E-state index in [1.165, 1.54) is 11.3 Å². The maximum atomic E-state index is 11.7. The van der Waals surface area contributed by atoms with Crippen molar-refractivity contribution >= 4 is 34.6 Å². The maximum absolute atomic E-state index is 11.7. The van der Waals surface area contributed by atoms with Gasteiger partial charge in [0.05, 0.1) is 0 Å². The molecule has 0 aliphatic rings. The van der Waals surface area contributed by atoms with Gasteiger partial charge >= 0.3 is 0 Å². The Hall–Kier alpha value is -1.53. The van der Waals surface area contributed by atoms with Gasteiger partial charge in [0.1, 0.15) is 0 Å². The van der Waals surface area contributed by atoms with Crippen molar-refractivity contribution < 1.29 is 4.79 Å². The summed E-state index contributed by atoms with van der Waals surface area (Å²) in [6, 6.07) is 8.99. The number of nitrogens with one attached hydrogen (secondary N) is 1. The zero-order chi connectivity index (χ0) is 11.5. The van der Waals surface area contributed by atoms with E-state index in [-0.39, 0.29) is 5.91 Å². The Morgan fingerprint density at radius 1 is 1.44 bits per heavy atom. The van der Waals surface area contributed by atoms with Crippen LogP contribution >= 0.6 is 23.6 Å². The Bertz CT molecular complexity index is 559. The van der Waals surface area contributed by atoms with Crippen LogP contribution in [0.1, 0.15) is 10.4 Å². The molecular formula is C10H9N3OS2. The van der Waals surface area contributed by atoms with Crippen LogP contribution in [0, 0.1) is 3.95 Å². The van der Waals surface area contributed by atoms with E-state index < -0.39 is 0 Å². The topological polar surface area (TPSA) is 46.9 Å². The second kappa shape index (κ2) is 4.54. The first-order valence-electron chi connectivity index (χ1n) is 4.57. The van der Waals surface area contributed by atoms with E-state index in [2.05, 4.69) is 10.4 Å². The van der Waals surface area contributed by atoms with Crippen molar-refractivity contribution in [1.29, 1.82) is 0 Å². The predicted octanol–water partition coefficient (Wildman–Crippen LogP) is 2.46. The fourth-order valence-electron chi connectivity index (χ4n) is 1.16. The summed E-state index contributed by atoms with van der Waals surface area (Å²) in [6.45, 7) is 0. The Kier molecular flexibility index (Phi) is 3.12. The molecule has 0 spiro atoms. The summed E-state index contributed by atoms with van der Waals surface area (Å²) in [4.78, 5) is 11.7. The lowest BCUT2D eigenvalue weighted by Gasteiger charge is -1.99. The number of aromatic nitrogens is 2. The van der Waals surface area contributed by atoms with Gasteiger partial charge < -0.3 is 0 Å². The molecular weight excluding hydrogens is 242 g/mol. The number of amides is 1. The molecule has 1 aromatic carbocycles. The highest BCUT2D eigenvalue weighted by molar-refractivity contribution is 7.73. The van der Waals surface area contributed by atoms with Crippen LogP contribution in [0.5, 0.6) is 0 Å². The van der Waals surface area contributed by atoms with Gasteiger partial charge in [-0.15, -0.1) is 5.10 Å². The summed E-state index contributed by atoms with van der Waals surface area (Å²) >= 11 is 6.28. The largest absolute Gasteiger partial charge is 0.296 e. The molecule has 0 bridgehead atoms. The lowest BCUT2D eigenvalue weighted by molar-refractivity contribution is 0.102. The number of rotatable bonds is 2. The highest BCUT2D eigenvalue weighted by Gasteiger charge is 2.07. The molecule has 0 aliphatic heterocycles. The smallest absolute Gasteiger partial charge is 0.257 e. The molecule has 2 rings (SSSR count). The fraction of sp³-hybridized carbons (Fsp3) is 0.100. The standard InChI is InChI=1S/C10H9N3OS2/c1-13-10(15)16-9(12-13)11-8(14)7-5-3-2-4-6-7/h2-6H,1H3,(H,11,12,14). The van der Waals surface area contributed by atoms with Crippen molar-refractivity contribution in [3.05, 3.63) is 39.8 Å². The Labute approximate surface area is 102 Å². The molecule has 82 valence electrons. The molecule has 16 heavy (non-hydrogen) atoms. The van der Waals surface area contributed by atoms with Gasteiger partial charge in [-0.3, -0.25) is 10.1 Å². The monoisotopic (exact) mass is 251 g/mol. The molecule has 6 heteroatoms. The second-order valence-corrected chi connectivity index (χ2v) is 4.74. The molecule has 1 amide bonds. The van der Waals surface area contributed by atoms with E-state index in [1.54, 1.807) is 23.9 Å². The van der Waals surface area contributed by atoms with Crippen LogP contribution in [-0.2, 0) is 7.05 Å². The van der Waals surface area contributed by atoms with E-state index in [0.29, 0.717) is 14.6 Å². The summed E-state index contributed by atoms with van der Waals surface area (Å²) in [7, 11) is 1.75. The number of benzene rings is 1. The maximum Gasteiger partial charge on any atom is 0.257 e. The number of hydrogen-bond acceptors (Lipinski definition) is 4. The molecule has 0 saturated carbocycles. The average molecular weight is 251 g/mol. The third kappa shape index (κ3) is 2.34. The van der Waals surface area contributed by atoms with E-state index in [4.69, 9.17) is 12.2 Å². The number of carbonyl (C=O) groups excluding carboxylic acids is 1. The van der Waals surface area contributed by atoms with Crippen LogP contribution in [-0.4, -0.2) is 15.7 Å². The van der Waals surface area contributed by atoms with Gasteiger partial charge in [-0.1, -0.05) is 29.5 Å². The molecule has 0 radical (unpaired) electrons. The van der Waals surface area contributed by atoms with Gasteiger partial charge in [0.25, 0.3) is 5.91 Å². The Balaban J connectivity index is 2.17. The highest BCUT2D eigenvalue weighted by Crippen LogP contribution is 2.14. The zero-order valence-electron chi connectivity index (χ0n) is 8.51. The lowest BCUT2D eigenvalue weighted by Crippen LogP contribution is -2.11.